The molecule has 0 bridgehead atoms. The van der Waals surface area contributed by atoms with Crippen molar-refractivity contribution in [3.05, 3.63) is 23.3 Å². The van der Waals surface area contributed by atoms with Gasteiger partial charge >= 0.3 is 12.4 Å². The van der Waals surface area contributed by atoms with Crippen LogP contribution in [0.1, 0.15) is 12.8 Å². The van der Waals surface area contributed by atoms with Gasteiger partial charge in [0, 0.05) is 23.2 Å². The average molecular weight is 430 g/mol. The molecule has 0 N–H and O–H groups in total. The predicted molar refractivity (Wildman–Crippen MR) is 82.5 cm³/mol. The van der Waals surface area contributed by atoms with E-state index in [1.165, 1.54) is 0 Å². The quantitative estimate of drug-likeness (QED) is 0.274. The van der Waals surface area contributed by atoms with Crippen molar-refractivity contribution in [1.82, 2.24) is 0 Å². The van der Waals surface area contributed by atoms with Crippen molar-refractivity contribution in [2.75, 3.05) is 0 Å². The topological polar surface area (TPSA) is 0 Å². The summed E-state index contributed by atoms with van der Waals surface area (Å²) in [6.45, 7) is 2.30. The van der Waals surface area contributed by atoms with Gasteiger partial charge in [-0.2, -0.15) is 26.3 Å². The Bertz CT molecular complexity index is 587. The van der Waals surface area contributed by atoms with E-state index >= 15 is 0 Å². The second kappa shape index (κ2) is 8.32. The summed E-state index contributed by atoms with van der Waals surface area (Å²) in [5.74, 6) is -7.34. The molecule has 0 fully saturated rings. The van der Waals surface area contributed by atoms with E-state index in [4.69, 9.17) is 0 Å². The fourth-order valence-corrected chi connectivity index (χ4v) is 7.14. The van der Waals surface area contributed by atoms with Crippen molar-refractivity contribution in [3.63, 3.8) is 0 Å². The minimum atomic E-state index is -4.58. The Morgan fingerprint density at radius 1 is 0.577 bits per heavy atom. The summed E-state index contributed by atoms with van der Waals surface area (Å²) in [6.07, 6.45) is -11.8. The minimum Gasteiger partial charge on any atom is -0.207 e. The molecule has 26 heavy (non-hydrogen) atoms. The lowest BCUT2D eigenvalue weighted by atomic mass is 10.3. The van der Waals surface area contributed by atoms with Gasteiger partial charge in [0.15, 0.2) is 17.5 Å². The number of hydrogen-bond donors (Lipinski definition) is 0. The molecule has 0 radical (unpaired) electrons. The van der Waals surface area contributed by atoms with E-state index in [0.717, 1.165) is 13.1 Å². The maximum Gasteiger partial charge on any atom is 0.388 e. The van der Waals surface area contributed by atoms with Crippen LogP contribution < -0.4 is 10.4 Å². The summed E-state index contributed by atoms with van der Waals surface area (Å²) in [6, 6.07) is -1.28. The van der Waals surface area contributed by atoms with Gasteiger partial charge in [0.1, 0.15) is 5.82 Å². The molecule has 0 nitrogen and oxygen atoms in total. The lowest BCUT2D eigenvalue weighted by molar-refractivity contribution is -0.131. The van der Waals surface area contributed by atoms with Gasteiger partial charge in [0.05, 0.1) is 17.6 Å². The van der Waals surface area contributed by atoms with Crippen molar-refractivity contribution in [2.24, 2.45) is 0 Å². The number of alkyl halides is 6. The first-order chi connectivity index (χ1) is 11.7. The van der Waals surface area contributed by atoms with Crippen LogP contribution in [0.15, 0.2) is 0 Å². The van der Waals surface area contributed by atoms with Crippen LogP contribution in [-0.2, 0) is 0 Å². The molecule has 150 valence electrons. The average Bonchev–Trinajstić information content (AvgIpc) is 2.47. The van der Waals surface area contributed by atoms with Crippen molar-refractivity contribution in [1.29, 1.82) is 0 Å². The third-order valence-corrected chi connectivity index (χ3v) is 9.33. The first-order valence-electron chi connectivity index (χ1n) is 7.65. The summed E-state index contributed by atoms with van der Waals surface area (Å²) < 4.78 is 130. The van der Waals surface area contributed by atoms with E-state index in [9.17, 15) is 43.9 Å². The van der Waals surface area contributed by atoms with Gasteiger partial charge in [-0.25, -0.2) is 17.6 Å². The first-order valence-corrected chi connectivity index (χ1v) is 12.7. The highest BCUT2D eigenvalue weighted by Crippen LogP contribution is 2.25. The molecular weight excluding hydrogens is 414 g/mol. The zero-order chi connectivity index (χ0) is 20.4. The lowest BCUT2D eigenvalue weighted by Gasteiger charge is -2.20. The molecule has 1 rings (SSSR count). The Hall–Kier alpha value is -1.05. The summed E-state index contributed by atoms with van der Waals surface area (Å²) >= 11 is 0. The Labute approximate surface area is 146 Å². The molecule has 0 amide bonds. The third-order valence-electron chi connectivity index (χ3n) is 4.04. The van der Waals surface area contributed by atoms with E-state index in [-0.39, 0.29) is 0 Å². The largest absolute Gasteiger partial charge is 0.388 e. The summed E-state index contributed by atoms with van der Waals surface area (Å²) in [4.78, 5) is 0. The summed E-state index contributed by atoms with van der Waals surface area (Å²) in [5.41, 5.74) is 0. The number of benzene rings is 1. The van der Waals surface area contributed by atoms with Gasteiger partial charge in [-0.05, 0) is 12.1 Å². The summed E-state index contributed by atoms with van der Waals surface area (Å²) in [5, 5.41) is -1.84. The number of rotatable bonds is 6. The number of hydrogen-bond acceptors (Lipinski definition) is 0. The lowest BCUT2D eigenvalue weighted by Crippen LogP contribution is -2.45. The first kappa shape index (κ1) is 23.0. The maximum atomic E-state index is 14.6. The van der Waals surface area contributed by atoms with Crippen LogP contribution in [0, 0.1) is 23.3 Å². The maximum absolute atomic E-state index is 14.6. The molecular formula is C14H16F10Si2. The SMILES string of the molecule is C[SiH](CCC(F)(F)F)c1c(F)c(F)c(F)c([SiH](C)CCC(F)(F)F)c1F. The van der Waals surface area contributed by atoms with Crippen LogP contribution in [0.5, 0.6) is 0 Å². The fraction of sp³-hybridized carbons (Fsp3) is 0.571. The van der Waals surface area contributed by atoms with Gasteiger partial charge in [-0.3, -0.25) is 0 Å². The molecule has 0 aliphatic heterocycles. The molecule has 2 unspecified atom stereocenters. The zero-order valence-electron chi connectivity index (χ0n) is 13.8. The Balaban J connectivity index is 3.26. The molecule has 0 aliphatic rings. The van der Waals surface area contributed by atoms with Crippen LogP contribution in [0.2, 0.25) is 25.2 Å². The molecule has 1 aromatic carbocycles. The van der Waals surface area contributed by atoms with E-state index in [2.05, 4.69) is 0 Å². The van der Waals surface area contributed by atoms with E-state index in [1.807, 2.05) is 0 Å². The predicted octanol–water partition coefficient (Wildman–Crippen LogP) is 4.28. The molecule has 0 spiro atoms. The van der Waals surface area contributed by atoms with Crippen LogP contribution >= 0.6 is 0 Å². The second-order valence-electron chi connectivity index (χ2n) is 6.19. The highest BCUT2D eigenvalue weighted by atomic mass is 28.3. The van der Waals surface area contributed by atoms with Crippen molar-refractivity contribution in [3.8, 4) is 0 Å². The van der Waals surface area contributed by atoms with Crippen molar-refractivity contribution < 1.29 is 43.9 Å². The van der Waals surface area contributed by atoms with Crippen LogP contribution in [0.25, 0.3) is 0 Å². The van der Waals surface area contributed by atoms with Crippen molar-refractivity contribution >= 4 is 28.0 Å². The van der Waals surface area contributed by atoms with Gasteiger partial charge < -0.3 is 0 Å². The molecule has 1 aromatic rings. The normalized spacial score (nSPS) is 15.2. The Morgan fingerprint density at radius 2 is 0.885 bits per heavy atom. The summed E-state index contributed by atoms with van der Waals surface area (Å²) in [7, 11) is -5.97. The van der Waals surface area contributed by atoms with Gasteiger partial charge in [-0.1, -0.05) is 13.1 Å². The molecule has 0 saturated carbocycles. The molecule has 0 aromatic heterocycles. The highest BCUT2D eigenvalue weighted by molar-refractivity contribution is 6.75. The smallest absolute Gasteiger partial charge is 0.207 e. The Morgan fingerprint density at radius 3 is 1.15 bits per heavy atom. The van der Waals surface area contributed by atoms with Gasteiger partial charge in [0.2, 0.25) is 0 Å². The number of halogens is 10. The van der Waals surface area contributed by atoms with Crippen molar-refractivity contribution in [2.45, 2.75) is 50.4 Å². The highest BCUT2D eigenvalue weighted by Gasteiger charge is 2.35. The van der Waals surface area contributed by atoms with Crippen LogP contribution in [-0.4, -0.2) is 29.9 Å². The Kier molecular flexibility index (Phi) is 7.36. The third kappa shape index (κ3) is 6.00. The molecule has 0 aliphatic carbocycles. The molecule has 0 saturated heterocycles. The fourth-order valence-electron chi connectivity index (χ4n) is 2.58. The van der Waals surface area contributed by atoms with Gasteiger partial charge in [-0.15, -0.1) is 0 Å². The molecule has 2 atom stereocenters. The standard InChI is InChI=1S/C14H16F10Si2/c1-25(5-3-13(19,20)21)11-8(16)7(15)9(17)12(10(11)18)26(2)6-4-14(22,23)24/h25-26H,3-6H2,1-2H3. The monoisotopic (exact) mass is 430 g/mol. The van der Waals surface area contributed by atoms with E-state index in [1.54, 1.807) is 0 Å². The van der Waals surface area contributed by atoms with E-state index in [0.29, 0.717) is 0 Å². The van der Waals surface area contributed by atoms with Crippen LogP contribution in [0.4, 0.5) is 43.9 Å². The molecule has 0 heterocycles. The van der Waals surface area contributed by atoms with E-state index < -0.39 is 88.5 Å². The van der Waals surface area contributed by atoms with Crippen LogP contribution in [0.3, 0.4) is 0 Å². The zero-order valence-corrected chi connectivity index (χ0v) is 16.1. The minimum absolute atomic E-state index is 0.639. The second-order valence-corrected chi connectivity index (χ2v) is 12.1. The van der Waals surface area contributed by atoms with Gasteiger partial charge in [0.25, 0.3) is 0 Å². The molecule has 12 heteroatoms.